The summed E-state index contributed by atoms with van der Waals surface area (Å²) in [5.74, 6) is 0.517. The molecule has 0 fully saturated rings. The summed E-state index contributed by atoms with van der Waals surface area (Å²) in [5, 5.41) is 17.8. The number of primary sulfonamides is 1. The molecular weight excluding hydrogens is 492 g/mol. The minimum atomic E-state index is -3.84. The van der Waals surface area contributed by atoms with Crippen molar-refractivity contribution in [2.75, 3.05) is 5.32 Å². The van der Waals surface area contributed by atoms with Gasteiger partial charge in [-0.1, -0.05) is 0 Å². The summed E-state index contributed by atoms with van der Waals surface area (Å²) >= 11 is 6.52. The molecule has 2 rings (SSSR count). The van der Waals surface area contributed by atoms with Crippen LogP contribution in [-0.4, -0.2) is 35.7 Å². The second-order valence-electron chi connectivity index (χ2n) is 5.68. The van der Waals surface area contributed by atoms with Crippen LogP contribution in [0.1, 0.15) is 19.4 Å². The van der Waals surface area contributed by atoms with Crippen LogP contribution in [0.5, 0.6) is 5.88 Å². The van der Waals surface area contributed by atoms with Crippen molar-refractivity contribution in [2.24, 2.45) is 5.14 Å². The number of ether oxygens (including phenoxy) is 1. The van der Waals surface area contributed by atoms with Gasteiger partial charge in [0.15, 0.2) is 0 Å². The summed E-state index contributed by atoms with van der Waals surface area (Å²) in [4.78, 5) is 8.43. The number of rotatable bonds is 6. The van der Waals surface area contributed by atoms with E-state index in [1.54, 1.807) is 32.9 Å². The number of halogens is 2. The van der Waals surface area contributed by atoms with Crippen LogP contribution in [-0.2, 0) is 10.0 Å². The normalized spacial score (nSPS) is 14.0. The summed E-state index contributed by atoms with van der Waals surface area (Å²) in [6.45, 7) is 4.97. The second-order valence-corrected chi connectivity index (χ2v) is 8.89. The Balaban J connectivity index is 2.32. The third kappa shape index (κ3) is 5.13. The molecule has 0 bridgehead atoms. The molecular formula is C15H18Br2N4O4S. The Bertz CT molecular complexity index is 899. The van der Waals surface area contributed by atoms with Crippen LogP contribution in [0.25, 0.3) is 0 Å². The first-order chi connectivity index (χ1) is 12.0. The van der Waals surface area contributed by atoms with Crippen molar-refractivity contribution >= 4 is 53.5 Å². The summed E-state index contributed by atoms with van der Waals surface area (Å²) in [6.07, 6.45) is 0.386. The molecule has 1 aromatic carbocycles. The number of anilines is 2. The third-order valence-corrected chi connectivity index (χ3v) is 6.00. The number of nitrogens with zero attached hydrogens (tertiary/aromatic N) is 2. The first-order valence-corrected chi connectivity index (χ1v) is 10.6. The highest BCUT2D eigenvalue weighted by Crippen LogP contribution is 2.30. The van der Waals surface area contributed by atoms with Crippen LogP contribution in [0.2, 0.25) is 0 Å². The lowest BCUT2D eigenvalue weighted by molar-refractivity contribution is 0.0569. The minimum Gasteiger partial charge on any atom is -0.471 e. The minimum absolute atomic E-state index is 0.0227. The highest BCUT2D eigenvalue weighted by molar-refractivity contribution is 9.10. The van der Waals surface area contributed by atoms with Crippen LogP contribution >= 0.6 is 31.9 Å². The zero-order valence-electron chi connectivity index (χ0n) is 14.2. The third-order valence-electron chi connectivity index (χ3n) is 3.46. The van der Waals surface area contributed by atoms with Gasteiger partial charge in [0.05, 0.1) is 21.7 Å². The number of hydrogen-bond acceptors (Lipinski definition) is 7. The van der Waals surface area contributed by atoms with Gasteiger partial charge in [-0.3, -0.25) is 0 Å². The van der Waals surface area contributed by atoms with Crippen LogP contribution in [0.3, 0.4) is 0 Å². The fraction of sp³-hybridized carbons (Fsp3) is 0.333. The van der Waals surface area contributed by atoms with Crippen molar-refractivity contribution in [3.8, 4) is 5.88 Å². The second kappa shape index (κ2) is 8.17. The molecule has 0 aliphatic carbocycles. The Morgan fingerprint density at radius 1 is 1.27 bits per heavy atom. The average molecular weight is 510 g/mol. The van der Waals surface area contributed by atoms with Gasteiger partial charge >= 0.3 is 0 Å². The van der Waals surface area contributed by atoms with E-state index in [1.165, 1.54) is 6.20 Å². The molecule has 1 aromatic heterocycles. The zero-order valence-corrected chi connectivity index (χ0v) is 18.2. The van der Waals surface area contributed by atoms with Gasteiger partial charge in [0, 0.05) is 10.2 Å². The van der Waals surface area contributed by atoms with Crippen molar-refractivity contribution < 1.29 is 18.3 Å². The van der Waals surface area contributed by atoms with Gasteiger partial charge in [0.2, 0.25) is 21.9 Å². The lowest BCUT2D eigenvalue weighted by atomic mass is 10.2. The Labute approximate surface area is 168 Å². The number of nitrogens with one attached hydrogen (secondary N) is 1. The lowest BCUT2D eigenvalue weighted by Crippen LogP contribution is -2.26. The predicted molar refractivity (Wildman–Crippen MR) is 105 cm³/mol. The van der Waals surface area contributed by atoms with E-state index in [9.17, 15) is 13.5 Å². The maximum Gasteiger partial charge on any atom is 0.239 e. The topological polar surface area (TPSA) is 127 Å². The van der Waals surface area contributed by atoms with E-state index in [0.29, 0.717) is 20.2 Å². The summed E-state index contributed by atoms with van der Waals surface area (Å²) in [7, 11) is -3.84. The quantitative estimate of drug-likeness (QED) is 0.546. The molecule has 0 unspecified atom stereocenters. The number of aliphatic hydroxyl groups is 1. The smallest absolute Gasteiger partial charge is 0.239 e. The number of aryl methyl sites for hydroxylation is 1. The average Bonchev–Trinajstić information content (AvgIpc) is 2.48. The van der Waals surface area contributed by atoms with Crippen LogP contribution in [0.15, 0.2) is 32.2 Å². The molecule has 0 spiro atoms. The highest BCUT2D eigenvalue weighted by Gasteiger charge is 2.18. The molecule has 0 aliphatic rings. The molecule has 8 nitrogen and oxygen atoms in total. The number of nitrogens with two attached hydrogens (primary N) is 1. The van der Waals surface area contributed by atoms with E-state index in [-0.39, 0.29) is 16.7 Å². The van der Waals surface area contributed by atoms with E-state index in [2.05, 4.69) is 47.1 Å². The van der Waals surface area contributed by atoms with E-state index >= 15 is 0 Å². The fourth-order valence-corrected chi connectivity index (χ4v) is 4.42. The molecule has 2 aromatic rings. The SMILES string of the molecule is Cc1cc(Nc2ncc(Br)c(O[C@H](C)[C@@H](C)O)n2)cc(Br)c1S(N)(=O)=O. The Kier molecular flexibility index (Phi) is 6.61. The predicted octanol–water partition coefficient (Wildman–Crippen LogP) is 2.85. The largest absolute Gasteiger partial charge is 0.471 e. The van der Waals surface area contributed by atoms with Gasteiger partial charge in [-0.25, -0.2) is 18.5 Å². The molecule has 0 amide bonds. The number of aliphatic hydroxyl groups excluding tert-OH is 1. The molecule has 1 heterocycles. The van der Waals surface area contributed by atoms with Gasteiger partial charge < -0.3 is 15.2 Å². The molecule has 4 N–H and O–H groups in total. The summed E-state index contributed by atoms with van der Waals surface area (Å²) in [6, 6.07) is 3.19. The van der Waals surface area contributed by atoms with Crippen molar-refractivity contribution in [3.05, 3.63) is 32.8 Å². The molecule has 0 aliphatic heterocycles. The van der Waals surface area contributed by atoms with Gasteiger partial charge in [-0.05, 0) is 70.3 Å². The van der Waals surface area contributed by atoms with Gasteiger partial charge in [-0.2, -0.15) is 4.98 Å². The summed E-state index contributed by atoms with van der Waals surface area (Å²) in [5.41, 5.74) is 1.04. The number of benzene rings is 1. The lowest BCUT2D eigenvalue weighted by Gasteiger charge is -2.17. The monoisotopic (exact) mass is 508 g/mol. The summed E-state index contributed by atoms with van der Waals surface area (Å²) < 4.78 is 29.8. The van der Waals surface area contributed by atoms with Crippen molar-refractivity contribution in [3.63, 3.8) is 0 Å². The van der Waals surface area contributed by atoms with Gasteiger partial charge in [-0.15, -0.1) is 0 Å². The maximum atomic E-state index is 11.6. The molecule has 142 valence electrons. The van der Waals surface area contributed by atoms with Gasteiger partial charge in [0.25, 0.3) is 0 Å². The van der Waals surface area contributed by atoms with Crippen molar-refractivity contribution in [1.29, 1.82) is 0 Å². The first kappa shape index (κ1) is 21.0. The Morgan fingerprint density at radius 3 is 2.46 bits per heavy atom. The van der Waals surface area contributed by atoms with E-state index < -0.39 is 22.2 Å². The molecule has 0 radical (unpaired) electrons. The Morgan fingerprint density at radius 2 is 1.92 bits per heavy atom. The molecule has 26 heavy (non-hydrogen) atoms. The van der Waals surface area contributed by atoms with Crippen molar-refractivity contribution in [2.45, 2.75) is 37.9 Å². The number of sulfonamides is 1. The van der Waals surface area contributed by atoms with Crippen LogP contribution in [0, 0.1) is 6.92 Å². The molecule has 0 saturated heterocycles. The zero-order chi connectivity index (χ0) is 19.6. The molecule has 2 atom stereocenters. The van der Waals surface area contributed by atoms with E-state index in [1.807, 2.05) is 0 Å². The molecule has 0 saturated carbocycles. The maximum absolute atomic E-state index is 11.6. The van der Waals surface area contributed by atoms with Crippen LogP contribution in [0.4, 0.5) is 11.6 Å². The van der Waals surface area contributed by atoms with E-state index in [4.69, 9.17) is 9.88 Å². The number of hydrogen-bond donors (Lipinski definition) is 3. The first-order valence-electron chi connectivity index (χ1n) is 7.46. The number of aromatic nitrogens is 2. The Hall–Kier alpha value is -1.27. The van der Waals surface area contributed by atoms with Crippen molar-refractivity contribution in [1.82, 2.24) is 9.97 Å². The highest BCUT2D eigenvalue weighted by atomic mass is 79.9. The standard InChI is InChI=1S/C15H18Br2N4O4S/c1-7-4-10(5-11(16)13(7)26(18,23)24)20-15-19-6-12(17)14(21-15)25-9(3)8(2)22/h4-6,8-9,22H,1-3H3,(H2,18,23,24)(H,19,20,21)/t8-,9-/m1/s1. The molecule has 11 heteroatoms. The van der Waals surface area contributed by atoms with Crippen LogP contribution < -0.4 is 15.2 Å². The van der Waals surface area contributed by atoms with E-state index in [0.717, 1.165) is 0 Å². The van der Waals surface area contributed by atoms with Gasteiger partial charge in [0.1, 0.15) is 6.10 Å². The fourth-order valence-electron chi connectivity index (χ4n) is 2.06.